The zero-order valence-corrected chi connectivity index (χ0v) is 24.2. The summed E-state index contributed by atoms with van der Waals surface area (Å²) in [6.45, 7) is 0. The maximum absolute atomic E-state index is 9.52. The largest absolute Gasteiger partial charge is 0.456 e. The van der Waals surface area contributed by atoms with Crippen molar-refractivity contribution in [2.75, 3.05) is 0 Å². The molecule has 0 radical (unpaired) electrons. The fourth-order valence-corrected chi connectivity index (χ4v) is 6.91. The molecule has 0 N–H and O–H groups in total. The number of furan rings is 2. The van der Waals surface area contributed by atoms with E-state index in [-0.39, 0.29) is 56.8 Å². The van der Waals surface area contributed by atoms with Gasteiger partial charge >= 0.3 is 0 Å². The summed E-state index contributed by atoms with van der Waals surface area (Å²) in [5, 5.41) is 4.51. The molecule has 8 aromatic carbocycles. The minimum Gasteiger partial charge on any atom is -0.456 e. The predicted octanol–water partition coefficient (Wildman–Crippen LogP) is 12.8. The summed E-state index contributed by atoms with van der Waals surface area (Å²) < 4.78 is 86.5. The molecule has 0 spiro atoms. The first kappa shape index (κ1) is 18.6. The number of hydrogen-bond acceptors (Lipinski definition) is 2. The Morgan fingerprint density at radius 3 is 1.78 bits per heavy atom. The standard InChI is InChI=1S/C44H26O2/c1-2-13-28(14-3-1)43-42(36-24-22-27-12-4-5-15-30(27)44(36)46-43)41-34-19-8-6-17-32(34)40(33-18-7-9-20-35(33)41)29-23-25-39-37(26-29)31-16-10-11-21-38(31)45-39/h1-26H/i6D,7D,8D,9D,17D,18D,19D,20D. The Labute approximate surface area is 276 Å². The first-order chi connectivity index (χ1) is 26.2. The van der Waals surface area contributed by atoms with E-state index in [9.17, 15) is 5.48 Å². The second-order valence-electron chi connectivity index (χ2n) is 11.4. The van der Waals surface area contributed by atoms with Crippen molar-refractivity contribution in [2.24, 2.45) is 0 Å². The molecule has 0 amide bonds. The Morgan fingerprint density at radius 2 is 1.02 bits per heavy atom. The molecule has 2 heteroatoms. The zero-order chi connectivity index (χ0) is 37.2. The average molecular weight is 595 g/mol. The Bertz CT molecular complexity index is 3170. The van der Waals surface area contributed by atoms with Crippen molar-refractivity contribution in [2.45, 2.75) is 0 Å². The minimum atomic E-state index is -0.462. The van der Waals surface area contributed by atoms with Gasteiger partial charge in [-0.1, -0.05) is 133 Å². The van der Waals surface area contributed by atoms with Gasteiger partial charge in [0, 0.05) is 38.2 Å². The summed E-state index contributed by atoms with van der Waals surface area (Å²) in [4.78, 5) is 0. The van der Waals surface area contributed by atoms with Crippen molar-refractivity contribution in [1.82, 2.24) is 0 Å². The van der Waals surface area contributed by atoms with Crippen LogP contribution >= 0.6 is 0 Å². The molecule has 2 nitrogen and oxygen atoms in total. The summed E-state index contributed by atoms with van der Waals surface area (Å²) in [6, 6.07) is 30.9. The Balaban J connectivity index is 1.50. The molecule has 0 atom stereocenters. The number of benzene rings is 8. The summed E-state index contributed by atoms with van der Waals surface area (Å²) in [5.74, 6) is 0.406. The van der Waals surface area contributed by atoms with Gasteiger partial charge in [0.1, 0.15) is 22.5 Å². The van der Waals surface area contributed by atoms with E-state index in [1.165, 1.54) is 0 Å². The summed E-state index contributed by atoms with van der Waals surface area (Å²) in [6.07, 6.45) is 0. The first-order valence-corrected chi connectivity index (χ1v) is 15.0. The third kappa shape index (κ3) is 3.59. The van der Waals surface area contributed by atoms with Crippen LogP contribution in [0.25, 0.3) is 98.8 Å². The highest BCUT2D eigenvalue weighted by Gasteiger charge is 2.25. The third-order valence-electron chi connectivity index (χ3n) is 8.91. The molecule has 0 bridgehead atoms. The molecule has 10 rings (SSSR count). The van der Waals surface area contributed by atoms with E-state index in [1.807, 2.05) is 97.1 Å². The van der Waals surface area contributed by atoms with Crippen LogP contribution in [0, 0.1) is 0 Å². The number of para-hydroxylation sites is 1. The van der Waals surface area contributed by atoms with Crippen LogP contribution in [0.15, 0.2) is 166 Å². The van der Waals surface area contributed by atoms with Crippen LogP contribution in [0.1, 0.15) is 11.0 Å². The molecule has 0 unspecified atom stereocenters. The monoisotopic (exact) mass is 594 g/mol. The number of hydrogen-bond donors (Lipinski definition) is 0. The van der Waals surface area contributed by atoms with Gasteiger partial charge in [-0.25, -0.2) is 0 Å². The van der Waals surface area contributed by atoms with Crippen LogP contribution in [-0.2, 0) is 0 Å². The van der Waals surface area contributed by atoms with Gasteiger partial charge in [-0.15, -0.1) is 0 Å². The lowest BCUT2D eigenvalue weighted by Gasteiger charge is -2.18. The van der Waals surface area contributed by atoms with Gasteiger partial charge in [0.15, 0.2) is 0 Å². The summed E-state index contributed by atoms with van der Waals surface area (Å²) >= 11 is 0. The highest BCUT2D eigenvalue weighted by molar-refractivity contribution is 6.26. The molecule has 0 aliphatic heterocycles. The van der Waals surface area contributed by atoms with Crippen molar-refractivity contribution in [3.63, 3.8) is 0 Å². The van der Waals surface area contributed by atoms with Crippen LogP contribution in [-0.4, -0.2) is 0 Å². The van der Waals surface area contributed by atoms with E-state index in [0.717, 1.165) is 21.5 Å². The quantitative estimate of drug-likeness (QED) is 0.190. The predicted molar refractivity (Wildman–Crippen MR) is 192 cm³/mol. The average Bonchev–Trinajstić information content (AvgIpc) is 3.78. The van der Waals surface area contributed by atoms with Crippen molar-refractivity contribution >= 4 is 65.2 Å². The minimum absolute atomic E-state index is 0.124. The second kappa shape index (κ2) is 9.69. The highest BCUT2D eigenvalue weighted by Crippen LogP contribution is 2.50. The van der Waals surface area contributed by atoms with Crippen LogP contribution in [0.5, 0.6) is 0 Å². The van der Waals surface area contributed by atoms with Crippen LogP contribution in [0.3, 0.4) is 0 Å². The van der Waals surface area contributed by atoms with Crippen molar-refractivity contribution in [3.05, 3.63) is 158 Å². The van der Waals surface area contributed by atoms with Crippen molar-refractivity contribution < 1.29 is 19.8 Å². The molecule has 0 saturated carbocycles. The van der Waals surface area contributed by atoms with Gasteiger partial charge in [0.25, 0.3) is 0 Å². The van der Waals surface area contributed by atoms with E-state index < -0.39 is 24.2 Å². The topological polar surface area (TPSA) is 26.3 Å². The number of rotatable bonds is 3. The zero-order valence-electron chi connectivity index (χ0n) is 32.2. The summed E-state index contributed by atoms with van der Waals surface area (Å²) in [7, 11) is 0. The highest BCUT2D eigenvalue weighted by atomic mass is 16.3. The van der Waals surface area contributed by atoms with E-state index >= 15 is 0 Å². The van der Waals surface area contributed by atoms with E-state index in [2.05, 4.69) is 0 Å². The smallest absolute Gasteiger partial charge is 0.143 e. The normalized spacial score (nSPS) is 14.3. The van der Waals surface area contributed by atoms with E-state index in [4.69, 9.17) is 14.3 Å². The molecule has 2 heterocycles. The van der Waals surface area contributed by atoms with Crippen LogP contribution in [0.2, 0.25) is 0 Å². The van der Waals surface area contributed by atoms with Crippen LogP contribution in [0.4, 0.5) is 0 Å². The van der Waals surface area contributed by atoms with Crippen molar-refractivity contribution in [3.8, 4) is 33.6 Å². The lowest BCUT2D eigenvalue weighted by atomic mass is 9.84. The van der Waals surface area contributed by atoms with E-state index in [1.54, 1.807) is 12.1 Å². The van der Waals surface area contributed by atoms with E-state index in [0.29, 0.717) is 44.6 Å². The SMILES string of the molecule is [2H]c1c([2H])c([2H])c2c(-c3c(-c4ccccc4)oc4c3ccc3ccccc34)c3c([2H])c([2H])c([2H])c([2H])c3c(-c3ccc4oc5ccccc5c4c3)c2c1[2H]. The van der Waals surface area contributed by atoms with Gasteiger partial charge in [0.05, 0.1) is 11.0 Å². The van der Waals surface area contributed by atoms with Crippen molar-refractivity contribution in [1.29, 1.82) is 0 Å². The maximum Gasteiger partial charge on any atom is 0.143 e. The maximum atomic E-state index is 9.52. The molecule has 10 aromatic rings. The molecule has 0 saturated heterocycles. The fourth-order valence-electron chi connectivity index (χ4n) is 6.91. The lowest BCUT2D eigenvalue weighted by Crippen LogP contribution is -1.91. The molecule has 0 fully saturated rings. The van der Waals surface area contributed by atoms with Gasteiger partial charge in [-0.2, -0.15) is 0 Å². The molecular formula is C44H26O2. The molecule has 0 aliphatic rings. The molecule has 46 heavy (non-hydrogen) atoms. The summed E-state index contributed by atoms with van der Waals surface area (Å²) in [5.41, 5.74) is 4.01. The Kier molecular flexibility index (Phi) is 3.92. The van der Waals surface area contributed by atoms with Gasteiger partial charge in [-0.3, -0.25) is 0 Å². The Hall–Kier alpha value is -6.12. The van der Waals surface area contributed by atoms with Gasteiger partial charge in [-0.05, 0) is 62.3 Å². The lowest BCUT2D eigenvalue weighted by molar-refractivity contribution is 0.636. The molecule has 2 aromatic heterocycles. The van der Waals surface area contributed by atoms with Gasteiger partial charge in [0.2, 0.25) is 0 Å². The third-order valence-corrected chi connectivity index (χ3v) is 8.91. The number of fused-ring (bicyclic) bond motifs is 8. The first-order valence-electron chi connectivity index (χ1n) is 19.0. The van der Waals surface area contributed by atoms with Gasteiger partial charge < -0.3 is 8.83 Å². The van der Waals surface area contributed by atoms with Crippen LogP contribution < -0.4 is 0 Å². The Morgan fingerprint density at radius 1 is 0.391 bits per heavy atom. The molecular weight excluding hydrogens is 560 g/mol. The fraction of sp³-hybridized carbons (Fsp3) is 0. The molecule has 0 aliphatic carbocycles. The molecule has 214 valence electrons. The second-order valence-corrected chi connectivity index (χ2v) is 11.4.